The Bertz CT molecular complexity index is 623. The van der Waals surface area contributed by atoms with Gasteiger partial charge >= 0.3 is 0 Å². The predicted molar refractivity (Wildman–Crippen MR) is 92.6 cm³/mol. The molecule has 2 heterocycles. The summed E-state index contributed by atoms with van der Waals surface area (Å²) in [7, 11) is 0. The van der Waals surface area contributed by atoms with Crippen LogP contribution in [0.2, 0.25) is 0 Å². The molecule has 0 bridgehead atoms. The number of hydrogen-bond donors (Lipinski definition) is 2. The summed E-state index contributed by atoms with van der Waals surface area (Å²) in [6, 6.07) is 5.99. The van der Waals surface area contributed by atoms with Crippen molar-refractivity contribution in [3.05, 3.63) is 28.9 Å². The van der Waals surface area contributed by atoms with Crippen molar-refractivity contribution in [3.63, 3.8) is 0 Å². The Hall–Kier alpha value is -1.33. The van der Waals surface area contributed by atoms with Crippen LogP contribution in [0.1, 0.15) is 19.3 Å². The molecule has 112 valence electrons. The maximum absolute atomic E-state index is 6.04. The molecule has 1 saturated heterocycles. The molecule has 0 saturated carbocycles. The number of nitrogen functional groups attached to an aromatic ring is 1. The average molecular weight is 349 g/mol. The quantitative estimate of drug-likeness (QED) is 0.641. The molecule has 1 fully saturated rings. The second-order valence-electron chi connectivity index (χ2n) is 5.58. The van der Waals surface area contributed by atoms with Crippen LogP contribution in [0, 0.1) is 0 Å². The van der Waals surface area contributed by atoms with Crippen LogP contribution in [0.15, 0.2) is 28.9 Å². The molecule has 0 spiro atoms. The van der Waals surface area contributed by atoms with Gasteiger partial charge in [-0.1, -0.05) is 0 Å². The van der Waals surface area contributed by atoms with Gasteiger partial charge in [0.1, 0.15) is 0 Å². The first kappa shape index (κ1) is 14.6. The molecule has 2 aromatic rings. The summed E-state index contributed by atoms with van der Waals surface area (Å²) < 4.78 is 0.952. The van der Waals surface area contributed by atoms with Gasteiger partial charge in [-0.25, -0.2) is 0 Å². The number of rotatable bonds is 5. The average Bonchev–Trinajstić information content (AvgIpc) is 2.99. The van der Waals surface area contributed by atoms with Crippen LogP contribution in [0.25, 0.3) is 10.9 Å². The topological polar surface area (TPSA) is 54.2 Å². The summed E-state index contributed by atoms with van der Waals surface area (Å²) in [6.07, 6.45) is 5.68. The largest absolute Gasteiger partial charge is 0.398 e. The van der Waals surface area contributed by atoms with Gasteiger partial charge in [0.2, 0.25) is 0 Å². The fourth-order valence-electron chi connectivity index (χ4n) is 2.89. The first-order valence-corrected chi connectivity index (χ1v) is 8.33. The molecule has 1 aliphatic rings. The van der Waals surface area contributed by atoms with Crippen LogP contribution in [0.5, 0.6) is 0 Å². The Balaban J connectivity index is 1.65. The molecule has 0 aliphatic carbocycles. The lowest BCUT2D eigenvalue weighted by Crippen LogP contribution is -2.22. The number of fused-ring (bicyclic) bond motifs is 1. The number of nitrogens with two attached hydrogens (primary N) is 1. The van der Waals surface area contributed by atoms with Gasteiger partial charge in [-0.3, -0.25) is 4.98 Å². The SMILES string of the molecule is Nc1ccc(NCCCN2CCCC2)c2ncc(Br)cc12. The number of likely N-dealkylation sites (tertiary alicyclic amines) is 1. The number of nitrogens with one attached hydrogen (secondary N) is 1. The Morgan fingerprint density at radius 2 is 2.10 bits per heavy atom. The Kier molecular flexibility index (Phi) is 4.60. The minimum Gasteiger partial charge on any atom is -0.398 e. The summed E-state index contributed by atoms with van der Waals surface area (Å²) in [5.74, 6) is 0. The minimum absolute atomic E-state index is 0.765. The van der Waals surface area contributed by atoms with Crippen molar-refractivity contribution in [2.45, 2.75) is 19.3 Å². The van der Waals surface area contributed by atoms with Crippen molar-refractivity contribution in [2.75, 3.05) is 37.2 Å². The van der Waals surface area contributed by atoms with Crippen molar-refractivity contribution < 1.29 is 0 Å². The van der Waals surface area contributed by atoms with Crippen LogP contribution in [-0.2, 0) is 0 Å². The van der Waals surface area contributed by atoms with Crippen LogP contribution < -0.4 is 11.1 Å². The number of nitrogens with zero attached hydrogens (tertiary/aromatic N) is 2. The summed E-state index contributed by atoms with van der Waals surface area (Å²) >= 11 is 3.45. The van der Waals surface area contributed by atoms with E-state index in [0.29, 0.717) is 0 Å². The van der Waals surface area contributed by atoms with Crippen LogP contribution in [0.4, 0.5) is 11.4 Å². The second kappa shape index (κ2) is 6.62. The lowest BCUT2D eigenvalue weighted by atomic mass is 10.1. The van der Waals surface area contributed by atoms with E-state index in [0.717, 1.165) is 39.7 Å². The third-order valence-corrected chi connectivity index (χ3v) is 4.45. The number of aromatic nitrogens is 1. The number of benzene rings is 1. The first-order chi connectivity index (χ1) is 10.2. The minimum atomic E-state index is 0.765. The molecular weight excluding hydrogens is 328 g/mol. The zero-order chi connectivity index (χ0) is 14.7. The van der Waals surface area contributed by atoms with Gasteiger partial charge in [0, 0.05) is 28.3 Å². The third-order valence-electron chi connectivity index (χ3n) is 4.02. The zero-order valence-corrected chi connectivity index (χ0v) is 13.7. The molecule has 3 N–H and O–H groups in total. The molecule has 0 atom stereocenters. The normalized spacial score (nSPS) is 15.7. The summed E-state index contributed by atoms with van der Waals surface area (Å²) in [4.78, 5) is 7.04. The fraction of sp³-hybridized carbons (Fsp3) is 0.438. The number of anilines is 2. The summed E-state index contributed by atoms with van der Waals surface area (Å²) in [5.41, 5.74) is 8.81. The van der Waals surface area contributed by atoms with Crippen molar-refractivity contribution in [1.82, 2.24) is 9.88 Å². The van der Waals surface area contributed by atoms with Crippen molar-refractivity contribution in [1.29, 1.82) is 0 Å². The molecule has 0 radical (unpaired) electrons. The van der Waals surface area contributed by atoms with E-state index in [2.05, 4.69) is 31.1 Å². The van der Waals surface area contributed by atoms with Crippen molar-refractivity contribution in [2.24, 2.45) is 0 Å². The molecule has 4 nitrogen and oxygen atoms in total. The number of halogens is 1. The molecule has 0 amide bonds. The van der Waals surface area contributed by atoms with Crippen LogP contribution >= 0.6 is 15.9 Å². The fourth-order valence-corrected chi connectivity index (χ4v) is 3.22. The highest BCUT2D eigenvalue weighted by Gasteiger charge is 2.10. The zero-order valence-electron chi connectivity index (χ0n) is 12.1. The first-order valence-electron chi connectivity index (χ1n) is 7.54. The maximum Gasteiger partial charge on any atom is 0.0954 e. The van der Waals surface area contributed by atoms with E-state index >= 15 is 0 Å². The van der Waals surface area contributed by atoms with E-state index in [-0.39, 0.29) is 0 Å². The van der Waals surface area contributed by atoms with E-state index in [1.54, 1.807) is 0 Å². The van der Waals surface area contributed by atoms with Gasteiger partial charge in [0.15, 0.2) is 0 Å². The monoisotopic (exact) mass is 348 g/mol. The predicted octanol–water partition coefficient (Wildman–Crippen LogP) is 3.48. The highest BCUT2D eigenvalue weighted by molar-refractivity contribution is 9.10. The standard InChI is InChI=1S/C16H21BrN4/c17-12-10-13-14(18)4-5-15(16(13)20-11-12)19-6-3-9-21-7-1-2-8-21/h4-5,10-11,19H,1-3,6-9,18H2. The van der Waals surface area contributed by atoms with E-state index in [4.69, 9.17) is 5.73 Å². The lowest BCUT2D eigenvalue weighted by Gasteiger charge is -2.15. The Morgan fingerprint density at radius 3 is 2.90 bits per heavy atom. The molecule has 3 rings (SSSR count). The van der Waals surface area contributed by atoms with Gasteiger partial charge in [0.05, 0.1) is 11.2 Å². The van der Waals surface area contributed by atoms with Gasteiger partial charge < -0.3 is 16.0 Å². The molecule has 1 aromatic carbocycles. The second-order valence-corrected chi connectivity index (χ2v) is 6.50. The lowest BCUT2D eigenvalue weighted by molar-refractivity contribution is 0.337. The highest BCUT2D eigenvalue weighted by Crippen LogP contribution is 2.28. The smallest absolute Gasteiger partial charge is 0.0954 e. The molecule has 5 heteroatoms. The Labute approximate surface area is 133 Å². The maximum atomic E-state index is 6.04. The Morgan fingerprint density at radius 1 is 1.29 bits per heavy atom. The molecule has 21 heavy (non-hydrogen) atoms. The van der Waals surface area contributed by atoms with Gasteiger partial charge in [-0.15, -0.1) is 0 Å². The van der Waals surface area contributed by atoms with E-state index < -0.39 is 0 Å². The molecule has 1 aromatic heterocycles. The van der Waals surface area contributed by atoms with Crippen LogP contribution in [-0.4, -0.2) is 36.1 Å². The van der Waals surface area contributed by atoms with Gasteiger partial charge in [-0.2, -0.15) is 0 Å². The summed E-state index contributed by atoms with van der Waals surface area (Å²) in [5, 5.41) is 4.49. The van der Waals surface area contributed by atoms with Crippen LogP contribution in [0.3, 0.4) is 0 Å². The molecule has 0 unspecified atom stereocenters. The van der Waals surface area contributed by atoms with E-state index in [1.807, 2.05) is 24.4 Å². The van der Waals surface area contributed by atoms with Crippen molar-refractivity contribution in [3.8, 4) is 0 Å². The van der Waals surface area contributed by atoms with Gasteiger partial charge in [-0.05, 0) is 73.0 Å². The number of pyridine rings is 1. The number of hydrogen-bond acceptors (Lipinski definition) is 4. The van der Waals surface area contributed by atoms with E-state index in [1.165, 1.54) is 32.5 Å². The third kappa shape index (κ3) is 3.47. The molecular formula is C16H21BrN4. The van der Waals surface area contributed by atoms with E-state index in [9.17, 15) is 0 Å². The molecule has 1 aliphatic heterocycles. The van der Waals surface area contributed by atoms with Gasteiger partial charge in [0.25, 0.3) is 0 Å². The highest BCUT2D eigenvalue weighted by atomic mass is 79.9. The van der Waals surface area contributed by atoms with Crippen molar-refractivity contribution >= 4 is 38.2 Å². The summed E-state index contributed by atoms with van der Waals surface area (Å²) in [6.45, 7) is 4.67.